The zero-order valence-electron chi connectivity index (χ0n) is 29.0. The van der Waals surface area contributed by atoms with Gasteiger partial charge >= 0.3 is 5.97 Å². The second-order valence-electron chi connectivity index (χ2n) is 14.6. The summed E-state index contributed by atoms with van der Waals surface area (Å²) in [6.45, 7) is 7.65. The molecule has 2 aromatic heterocycles. The molecular formula is C38H43FN4O5S2. The van der Waals surface area contributed by atoms with E-state index in [1.165, 1.54) is 6.07 Å². The number of hydrogen-bond acceptors (Lipinski definition) is 6. The molecule has 3 aromatic carbocycles. The minimum atomic E-state index is -3.60. The third-order valence-corrected chi connectivity index (χ3v) is 13.5. The second-order valence-corrected chi connectivity index (χ2v) is 18.2. The Morgan fingerprint density at radius 3 is 2.62 bits per heavy atom. The number of fused-ring (bicyclic) bond motifs is 8. The van der Waals surface area contributed by atoms with Gasteiger partial charge in [0.25, 0.3) is 0 Å². The van der Waals surface area contributed by atoms with Crippen LogP contribution >= 0.6 is 0 Å². The molecule has 5 aromatic rings. The molecule has 0 saturated heterocycles. The molecule has 2 N–H and O–H groups in total. The summed E-state index contributed by atoms with van der Waals surface area (Å²) in [6, 6.07) is 17.9. The van der Waals surface area contributed by atoms with E-state index in [0.29, 0.717) is 64.3 Å². The number of carboxylic acids is 1. The molecule has 0 radical (unpaired) electrons. The molecule has 264 valence electrons. The number of carbonyl (C=O) groups is 1. The number of carboxylic acid groups (broad SMARTS) is 1. The maximum Gasteiger partial charge on any atom is 0.306 e. The third kappa shape index (κ3) is 7.18. The van der Waals surface area contributed by atoms with Crippen LogP contribution in [0.3, 0.4) is 0 Å². The van der Waals surface area contributed by atoms with Gasteiger partial charge in [-0.2, -0.15) is 5.10 Å². The lowest BCUT2D eigenvalue weighted by Gasteiger charge is -2.31. The molecule has 12 heteroatoms. The maximum atomic E-state index is 15.8. The van der Waals surface area contributed by atoms with Gasteiger partial charge in [-0.05, 0) is 79.0 Å². The number of H-pyrrole nitrogens is 1. The van der Waals surface area contributed by atoms with E-state index in [0.717, 1.165) is 11.1 Å². The van der Waals surface area contributed by atoms with E-state index in [-0.39, 0.29) is 22.8 Å². The fraction of sp³-hybridized carbons (Fsp3) is 0.395. The minimum absolute atomic E-state index is 0.0202. The van der Waals surface area contributed by atoms with Crippen molar-refractivity contribution < 1.29 is 26.9 Å². The first-order chi connectivity index (χ1) is 23.6. The lowest BCUT2D eigenvalue weighted by atomic mass is 9.75. The second kappa shape index (κ2) is 13.5. The van der Waals surface area contributed by atoms with Crippen LogP contribution in [-0.4, -0.2) is 55.0 Å². The SMILES string of the molecule is C[C@@H](Cc1cccc([C@@]2(C)CCCC(C)(C)CS(=O)(=O)CCc3c(c(F)cc4[nH]ccc34)S(=O)c3cccc(c3)-c3nc2nn3C)c1)C(=O)O. The smallest absolute Gasteiger partial charge is 0.306 e. The van der Waals surface area contributed by atoms with Crippen molar-refractivity contribution in [2.75, 3.05) is 11.5 Å². The van der Waals surface area contributed by atoms with Crippen LogP contribution in [-0.2, 0) is 50.7 Å². The van der Waals surface area contributed by atoms with Gasteiger partial charge in [0.05, 0.1) is 38.5 Å². The van der Waals surface area contributed by atoms with Crippen LogP contribution in [0, 0.1) is 17.2 Å². The number of aryl methyl sites for hydroxylation is 2. The van der Waals surface area contributed by atoms with Gasteiger partial charge in [0.15, 0.2) is 21.5 Å². The monoisotopic (exact) mass is 718 g/mol. The Morgan fingerprint density at radius 1 is 1.10 bits per heavy atom. The molecule has 0 saturated carbocycles. The topological polar surface area (TPSA) is 135 Å². The first-order valence-corrected chi connectivity index (χ1v) is 19.8. The van der Waals surface area contributed by atoms with Gasteiger partial charge in [0.2, 0.25) is 0 Å². The normalized spacial score (nSPS) is 21.5. The van der Waals surface area contributed by atoms with Crippen molar-refractivity contribution in [2.45, 2.75) is 75.0 Å². The zero-order valence-corrected chi connectivity index (χ0v) is 30.6. The number of hydrogen-bond donors (Lipinski definition) is 2. The van der Waals surface area contributed by atoms with Gasteiger partial charge in [0.1, 0.15) is 5.82 Å². The predicted molar refractivity (Wildman–Crippen MR) is 193 cm³/mol. The van der Waals surface area contributed by atoms with Crippen molar-refractivity contribution in [3.63, 3.8) is 0 Å². The van der Waals surface area contributed by atoms with Crippen LogP contribution < -0.4 is 0 Å². The zero-order chi connectivity index (χ0) is 36.0. The predicted octanol–water partition coefficient (Wildman–Crippen LogP) is 7.01. The highest BCUT2D eigenvalue weighted by atomic mass is 32.2. The van der Waals surface area contributed by atoms with E-state index < -0.39 is 49.2 Å². The molecule has 3 atom stereocenters. The highest BCUT2D eigenvalue weighted by Gasteiger charge is 2.36. The molecule has 1 unspecified atom stereocenters. The number of nitrogens with zero attached hydrogens (tertiary/aromatic N) is 3. The number of aromatic amines is 1. The molecule has 0 aliphatic carbocycles. The van der Waals surface area contributed by atoms with Gasteiger partial charge in [0, 0.05) is 34.6 Å². The number of aromatic nitrogens is 4. The van der Waals surface area contributed by atoms with Crippen LogP contribution in [0.25, 0.3) is 22.3 Å². The van der Waals surface area contributed by atoms with Gasteiger partial charge < -0.3 is 10.1 Å². The Balaban J connectivity index is 1.50. The van der Waals surface area contributed by atoms with Crippen molar-refractivity contribution in [3.8, 4) is 11.4 Å². The quantitative estimate of drug-likeness (QED) is 0.204. The van der Waals surface area contributed by atoms with Crippen LogP contribution in [0.2, 0.25) is 0 Å². The molecule has 0 fully saturated rings. The van der Waals surface area contributed by atoms with Crippen molar-refractivity contribution >= 4 is 37.5 Å². The molecule has 0 spiro atoms. The first-order valence-electron chi connectivity index (χ1n) is 16.8. The summed E-state index contributed by atoms with van der Waals surface area (Å²) in [5, 5.41) is 15.1. The molecule has 9 nitrogen and oxygen atoms in total. The van der Waals surface area contributed by atoms with Crippen molar-refractivity contribution in [3.05, 3.63) is 95.2 Å². The summed E-state index contributed by atoms with van der Waals surface area (Å²) in [5.74, 6) is -1.24. The third-order valence-electron chi connectivity index (χ3n) is 9.95. The number of rotatable bonds is 4. The Hall–Kier alpha value is -4.16. The first kappa shape index (κ1) is 35.7. The number of aliphatic carboxylic acids is 1. The molecule has 50 heavy (non-hydrogen) atoms. The Labute approximate surface area is 294 Å². The highest BCUT2D eigenvalue weighted by Crippen LogP contribution is 2.40. The van der Waals surface area contributed by atoms with E-state index in [4.69, 9.17) is 10.1 Å². The number of halogens is 1. The summed E-state index contributed by atoms with van der Waals surface area (Å²) >= 11 is 0. The molecule has 6 rings (SSSR count). The van der Waals surface area contributed by atoms with Gasteiger partial charge in [-0.25, -0.2) is 26.7 Å². The van der Waals surface area contributed by atoms with E-state index in [1.807, 2.05) is 44.2 Å². The largest absolute Gasteiger partial charge is 0.481 e. The fourth-order valence-corrected chi connectivity index (χ4v) is 10.5. The summed E-state index contributed by atoms with van der Waals surface area (Å²) in [4.78, 5) is 20.0. The Bertz CT molecular complexity index is 2220. The van der Waals surface area contributed by atoms with Crippen molar-refractivity contribution in [2.24, 2.45) is 18.4 Å². The lowest BCUT2D eigenvalue weighted by Crippen LogP contribution is -2.29. The molecule has 4 bridgehead atoms. The summed E-state index contributed by atoms with van der Waals surface area (Å²) < 4.78 is 59.1. The van der Waals surface area contributed by atoms with E-state index in [1.54, 1.807) is 49.1 Å². The average molecular weight is 719 g/mol. The molecule has 3 heterocycles. The molecule has 1 aliphatic rings. The van der Waals surface area contributed by atoms with E-state index in [9.17, 15) is 22.5 Å². The summed E-state index contributed by atoms with van der Waals surface area (Å²) in [6.07, 6.45) is 3.95. The van der Waals surface area contributed by atoms with E-state index >= 15 is 4.39 Å². The Morgan fingerprint density at radius 2 is 1.86 bits per heavy atom. The minimum Gasteiger partial charge on any atom is -0.481 e. The van der Waals surface area contributed by atoms with E-state index in [2.05, 4.69) is 11.9 Å². The van der Waals surface area contributed by atoms with Gasteiger partial charge in [-0.15, -0.1) is 0 Å². The highest BCUT2D eigenvalue weighted by molar-refractivity contribution is 7.91. The maximum absolute atomic E-state index is 15.8. The lowest BCUT2D eigenvalue weighted by molar-refractivity contribution is -0.141. The molecule has 1 aliphatic heterocycles. The van der Waals surface area contributed by atoms with Crippen LogP contribution in [0.15, 0.2) is 76.7 Å². The van der Waals surface area contributed by atoms with Crippen molar-refractivity contribution in [1.82, 2.24) is 19.7 Å². The average Bonchev–Trinajstić information content (AvgIpc) is 3.69. The van der Waals surface area contributed by atoms with Crippen LogP contribution in [0.5, 0.6) is 0 Å². The Kier molecular flexibility index (Phi) is 9.64. The van der Waals surface area contributed by atoms with Gasteiger partial charge in [-0.1, -0.05) is 63.6 Å². The van der Waals surface area contributed by atoms with Crippen molar-refractivity contribution in [1.29, 1.82) is 0 Å². The standard InChI is InChI=1S/C38H43FN4O5S2/c1-24(35(44)45)19-25-9-6-11-27(20-25)38(4)16-8-15-37(2,3)23-50(47,48)18-14-30-29-13-17-40-32(29)22-31(39)33(30)49(46)28-12-7-10-26(21-28)34-41-36(38)42-43(34)5/h6-7,9-13,17,20-22,24,40H,8,14-16,18-19,23H2,1-5H3,(H,44,45)/t24-,38+,49?/m0/s1. The summed E-state index contributed by atoms with van der Waals surface area (Å²) in [5.41, 5.74) is 2.14. The fourth-order valence-electron chi connectivity index (χ4n) is 7.20. The summed E-state index contributed by atoms with van der Waals surface area (Å²) in [7, 11) is -3.77. The number of nitrogens with one attached hydrogen (secondary N) is 1. The van der Waals surface area contributed by atoms with Crippen LogP contribution in [0.1, 0.15) is 69.5 Å². The van der Waals surface area contributed by atoms with Gasteiger partial charge in [-0.3, -0.25) is 4.79 Å². The number of benzene rings is 3. The molecular weight excluding hydrogens is 676 g/mol. The van der Waals surface area contributed by atoms with Crippen LogP contribution in [0.4, 0.5) is 4.39 Å². The molecule has 0 amide bonds. The number of sulfone groups is 1.